The van der Waals surface area contributed by atoms with Gasteiger partial charge >= 0.3 is 5.97 Å². The van der Waals surface area contributed by atoms with Gasteiger partial charge in [-0.2, -0.15) is 0 Å². The lowest BCUT2D eigenvalue weighted by Crippen LogP contribution is -2.49. The Bertz CT molecular complexity index is 658. The average Bonchev–Trinajstić information content (AvgIpc) is 3.29. The molecule has 1 aromatic rings. The number of benzene rings is 1. The zero-order valence-corrected chi connectivity index (χ0v) is 13.0. The third-order valence-electron chi connectivity index (χ3n) is 5.67. The largest absolute Gasteiger partial charge is 0.493 e. The van der Waals surface area contributed by atoms with Crippen LogP contribution in [-0.4, -0.2) is 41.1 Å². The number of para-hydroxylation sites is 1. The number of nitrogens with zero attached hydrogens (tertiary/aromatic N) is 1. The summed E-state index contributed by atoms with van der Waals surface area (Å²) in [4.78, 5) is 26.1. The number of ether oxygens (including phenoxy) is 1. The molecule has 2 aliphatic heterocycles. The van der Waals surface area contributed by atoms with Crippen molar-refractivity contribution in [1.82, 2.24) is 4.90 Å². The number of fused-ring (bicyclic) bond motifs is 2. The zero-order valence-electron chi connectivity index (χ0n) is 13.0. The molecule has 4 rings (SSSR count). The Morgan fingerprint density at radius 1 is 1.26 bits per heavy atom. The molecule has 0 aromatic heterocycles. The van der Waals surface area contributed by atoms with E-state index < -0.39 is 12.0 Å². The molecule has 1 N–H and O–H groups in total. The predicted octanol–water partition coefficient (Wildman–Crippen LogP) is 2.19. The third kappa shape index (κ3) is 2.21. The van der Waals surface area contributed by atoms with E-state index in [0.29, 0.717) is 19.6 Å². The summed E-state index contributed by atoms with van der Waals surface area (Å²) in [6, 6.07) is 7.28. The highest BCUT2D eigenvalue weighted by molar-refractivity contribution is 5.89. The standard InChI is InChI=1S/C18H21NO4/c20-16(19-9-4-3-6-14(19)17(21)22)13-11-18(13)8-10-23-15-7-2-1-5-12(15)18/h1-2,5,7,13-14H,3-4,6,8-11H2,(H,21,22)/t13-,14?,18-/m0/s1. The highest BCUT2D eigenvalue weighted by Gasteiger charge is 2.62. The molecule has 1 aliphatic carbocycles. The number of hydrogen-bond acceptors (Lipinski definition) is 3. The summed E-state index contributed by atoms with van der Waals surface area (Å²) in [5, 5.41) is 9.41. The lowest BCUT2D eigenvalue weighted by molar-refractivity contribution is -0.152. The minimum Gasteiger partial charge on any atom is -0.493 e. The first kappa shape index (κ1) is 14.5. The Morgan fingerprint density at radius 2 is 2.09 bits per heavy atom. The van der Waals surface area contributed by atoms with Gasteiger partial charge < -0.3 is 14.7 Å². The molecule has 1 unspecified atom stereocenters. The maximum Gasteiger partial charge on any atom is 0.326 e. The SMILES string of the molecule is O=C(O)C1CCCCN1C(=O)[C@@H]1C[C@]12CCOc1ccccc12. The van der Waals surface area contributed by atoms with E-state index in [1.807, 2.05) is 24.3 Å². The molecule has 1 amide bonds. The van der Waals surface area contributed by atoms with Gasteiger partial charge in [0.15, 0.2) is 0 Å². The van der Waals surface area contributed by atoms with Crippen LogP contribution in [0.1, 0.15) is 37.7 Å². The van der Waals surface area contributed by atoms with E-state index in [2.05, 4.69) is 0 Å². The van der Waals surface area contributed by atoms with Crippen molar-refractivity contribution in [3.8, 4) is 5.75 Å². The summed E-state index contributed by atoms with van der Waals surface area (Å²) >= 11 is 0. The second kappa shape index (κ2) is 5.25. The number of rotatable bonds is 2. The first-order chi connectivity index (χ1) is 11.1. The van der Waals surface area contributed by atoms with E-state index in [9.17, 15) is 14.7 Å². The van der Waals surface area contributed by atoms with Gasteiger partial charge in [0, 0.05) is 23.4 Å². The lowest BCUT2D eigenvalue weighted by atomic mass is 9.87. The minimum absolute atomic E-state index is 0.0220. The van der Waals surface area contributed by atoms with Crippen LogP contribution in [0.5, 0.6) is 5.75 Å². The number of carboxylic acid groups (broad SMARTS) is 1. The number of hydrogen-bond donors (Lipinski definition) is 1. The molecule has 2 heterocycles. The van der Waals surface area contributed by atoms with Gasteiger partial charge in [-0.05, 0) is 38.2 Å². The second-order valence-corrected chi connectivity index (χ2v) is 6.89. The number of likely N-dealkylation sites (tertiary alicyclic amines) is 1. The molecule has 2 fully saturated rings. The maximum absolute atomic E-state index is 13.0. The first-order valence-corrected chi connectivity index (χ1v) is 8.39. The average molecular weight is 315 g/mol. The summed E-state index contributed by atoms with van der Waals surface area (Å²) < 4.78 is 5.71. The fourth-order valence-corrected chi connectivity index (χ4v) is 4.34. The number of carboxylic acids is 1. The van der Waals surface area contributed by atoms with E-state index in [1.54, 1.807) is 4.90 Å². The van der Waals surface area contributed by atoms with Crippen LogP contribution in [0.2, 0.25) is 0 Å². The van der Waals surface area contributed by atoms with Crippen LogP contribution in [0.4, 0.5) is 0 Å². The van der Waals surface area contributed by atoms with Crippen LogP contribution >= 0.6 is 0 Å². The summed E-state index contributed by atoms with van der Waals surface area (Å²) in [7, 11) is 0. The molecule has 5 heteroatoms. The van der Waals surface area contributed by atoms with Gasteiger partial charge in [0.25, 0.3) is 0 Å². The van der Waals surface area contributed by atoms with Crippen LogP contribution in [0, 0.1) is 5.92 Å². The maximum atomic E-state index is 13.0. The number of carbonyl (C=O) groups is 2. The van der Waals surface area contributed by atoms with Crippen molar-refractivity contribution >= 4 is 11.9 Å². The number of amides is 1. The first-order valence-electron chi connectivity index (χ1n) is 8.39. The number of carbonyl (C=O) groups excluding carboxylic acids is 1. The van der Waals surface area contributed by atoms with E-state index in [0.717, 1.165) is 37.0 Å². The normalized spacial score (nSPS) is 32.1. The Hall–Kier alpha value is -2.04. The van der Waals surface area contributed by atoms with Gasteiger partial charge in [-0.15, -0.1) is 0 Å². The van der Waals surface area contributed by atoms with Crippen molar-refractivity contribution in [2.75, 3.05) is 13.2 Å². The number of piperidine rings is 1. The third-order valence-corrected chi connectivity index (χ3v) is 5.67. The van der Waals surface area contributed by atoms with Crippen LogP contribution in [0.3, 0.4) is 0 Å². The summed E-state index contributed by atoms with van der Waals surface area (Å²) in [6.07, 6.45) is 4.00. The molecule has 122 valence electrons. The Balaban J connectivity index is 1.59. The molecule has 1 saturated carbocycles. The van der Waals surface area contributed by atoms with Crippen LogP contribution in [0.15, 0.2) is 24.3 Å². The Morgan fingerprint density at radius 3 is 2.91 bits per heavy atom. The fourth-order valence-electron chi connectivity index (χ4n) is 4.34. The van der Waals surface area contributed by atoms with Crippen molar-refractivity contribution < 1.29 is 19.4 Å². The highest BCUT2D eigenvalue weighted by atomic mass is 16.5. The summed E-state index contributed by atoms with van der Waals surface area (Å²) in [6.45, 7) is 1.20. The minimum atomic E-state index is -0.875. The smallest absolute Gasteiger partial charge is 0.326 e. The molecule has 5 nitrogen and oxygen atoms in total. The molecule has 1 aromatic carbocycles. The van der Waals surface area contributed by atoms with E-state index in [-0.39, 0.29) is 17.2 Å². The predicted molar refractivity (Wildman–Crippen MR) is 83.3 cm³/mol. The van der Waals surface area contributed by atoms with Crippen molar-refractivity contribution in [3.63, 3.8) is 0 Å². The van der Waals surface area contributed by atoms with E-state index in [1.165, 1.54) is 0 Å². The van der Waals surface area contributed by atoms with Crippen LogP contribution in [-0.2, 0) is 15.0 Å². The van der Waals surface area contributed by atoms with Crippen molar-refractivity contribution in [2.24, 2.45) is 5.92 Å². The molecule has 1 saturated heterocycles. The van der Waals surface area contributed by atoms with Gasteiger partial charge in [-0.1, -0.05) is 18.2 Å². The lowest BCUT2D eigenvalue weighted by Gasteiger charge is -2.34. The number of aliphatic carboxylic acids is 1. The Labute approximate surface area is 135 Å². The summed E-state index contributed by atoms with van der Waals surface area (Å²) in [5.74, 6) is -0.0658. The van der Waals surface area contributed by atoms with Crippen LogP contribution in [0.25, 0.3) is 0 Å². The molecular weight excluding hydrogens is 294 g/mol. The monoisotopic (exact) mass is 315 g/mol. The summed E-state index contributed by atoms with van der Waals surface area (Å²) in [5.41, 5.74) is 0.986. The zero-order chi connectivity index (χ0) is 16.0. The topological polar surface area (TPSA) is 66.8 Å². The van der Waals surface area contributed by atoms with Gasteiger partial charge in [-0.3, -0.25) is 4.79 Å². The molecule has 0 bridgehead atoms. The molecule has 0 radical (unpaired) electrons. The molecule has 1 spiro atoms. The molecular formula is C18H21NO4. The van der Waals surface area contributed by atoms with Gasteiger partial charge in [-0.25, -0.2) is 4.79 Å². The van der Waals surface area contributed by atoms with Gasteiger partial charge in [0.05, 0.1) is 6.61 Å². The van der Waals surface area contributed by atoms with Crippen molar-refractivity contribution in [2.45, 2.75) is 43.6 Å². The van der Waals surface area contributed by atoms with Crippen molar-refractivity contribution in [1.29, 1.82) is 0 Å². The highest BCUT2D eigenvalue weighted by Crippen LogP contribution is 2.61. The van der Waals surface area contributed by atoms with E-state index >= 15 is 0 Å². The molecule has 23 heavy (non-hydrogen) atoms. The second-order valence-electron chi connectivity index (χ2n) is 6.89. The van der Waals surface area contributed by atoms with Gasteiger partial charge in [0.1, 0.15) is 11.8 Å². The molecule has 3 atom stereocenters. The Kier molecular flexibility index (Phi) is 3.32. The fraction of sp³-hybridized carbons (Fsp3) is 0.556. The molecule has 3 aliphatic rings. The quantitative estimate of drug-likeness (QED) is 0.908. The van der Waals surface area contributed by atoms with E-state index in [4.69, 9.17) is 4.74 Å². The van der Waals surface area contributed by atoms with Crippen LogP contribution < -0.4 is 4.74 Å². The van der Waals surface area contributed by atoms with Crippen molar-refractivity contribution in [3.05, 3.63) is 29.8 Å². The van der Waals surface area contributed by atoms with Gasteiger partial charge in [0.2, 0.25) is 5.91 Å².